The Kier molecular flexibility index (Phi) is 6.72. The Bertz CT molecular complexity index is 983. The third-order valence-corrected chi connectivity index (χ3v) is 5.79. The van der Waals surface area contributed by atoms with Gasteiger partial charge in [-0.05, 0) is 37.3 Å². The molecule has 1 saturated heterocycles. The summed E-state index contributed by atoms with van der Waals surface area (Å²) in [4.78, 5) is 30.7. The topological polar surface area (TPSA) is 61.8 Å². The number of carbonyl (C=O) groups excluding carboxylic acids is 2. The van der Waals surface area contributed by atoms with E-state index >= 15 is 0 Å². The highest BCUT2D eigenvalue weighted by atomic mass is 35.5. The first-order chi connectivity index (χ1) is 14.2. The summed E-state index contributed by atoms with van der Waals surface area (Å²) < 4.78 is 39.4. The number of halogens is 4. The molecule has 2 aromatic carbocycles. The second-order valence-electron chi connectivity index (χ2n) is 6.36. The van der Waals surface area contributed by atoms with Gasteiger partial charge in [-0.15, -0.1) is 0 Å². The lowest BCUT2D eigenvalue weighted by atomic mass is 10.2. The Morgan fingerprint density at radius 3 is 2.60 bits per heavy atom. The molecule has 1 aliphatic rings. The number of amides is 2. The molecule has 30 heavy (non-hydrogen) atoms. The summed E-state index contributed by atoms with van der Waals surface area (Å²) >= 11 is 6.69. The second kappa shape index (κ2) is 9.09. The Hall–Kier alpha value is -2.52. The van der Waals surface area contributed by atoms with Gasteiger partial charge in [0.25, 0.3) is 0 Å². The summed E-state index contributed by atoms with van der Waals surface area (Å²) in [5, 5.41) is 1.70. The zero-order valence-electron chi connectivity index (χ0n) is 15.7. The number of alkyl halides is 3. The molecule has 1 atom stereocenters. The van der Waals surface area contributed by atoms with Crippen LogP contribution in [-0.2, 0) is 15.8 Å². The lowest BCUT2D eigenvalue weighted by Crippen LogP contribution is -2.45. The fourth-order valence-corrected chi connectivity index (χ4v) is 4.19. The van der Waals surface area contributed by atoms with E-state index < -0.39 is 22.0 Å². The number of carbonyl (C=O) groups is 2. The highest BCUT2D eigenvalue weighted by molar-refractivity contribution is 8.15. The van der Waals surface area contributed by atoms with E-state index in [0.717, 1.165) is 23.9 Å². The number of rotatable bonds is 4. The molecule has 0 saturated carbocycles. The van der Waals surface area contributed by atoms with Crippen LogP contribution >= 0.6 is 23.4 Å². The van der Waals surface area contributed by atoms with E-state index in [0.29, 0.717) is 5.69 Å². The molecule has 5 nitrogen and oxygen atoms in total. The van der Waals surface area contributed by atoms with E-state index in [9.17, 15) is 22.8 Å². The number of benzene rings is 2. The summed E-state index contributed by atoms with van der Waals surface area (Å²) in [7, 11) is 0. The number of anilines is 1. The van der Waals surface area contributed by atoms with E-state index in [1.165, 1.54) is 11.0 Å². The second-order valence-corrected chi connectivity index (χ2v) is 7.94. The number of para-hydroxylation sites is 1. The van der Waals surface area contributed by atoms with Crippen LogP contribution in [0.3, 0.4) is 0 Å². The lowest BCUT2D eigenvalue weighted by Gasteiger charge is -2.31. The molecule has 0 radical (unpaired) electrons. The predicted molar refractivity (Wildman–Crippen MR) is 112 cm³/mol. The number of amidine groups is 1. The van der Waals surface area contributed by atoms with Crippen LogP contribution in [0.2, 0.25) is 5.02 Å². The number of nitrogens with one attached hydrogen (secondary N) is 1. The SMILES string of the molecule is CCN1C(=O)CC(C(=O)Nc2ccccc2)SC1=Nc1ccc(Cl)c(C(F)(F)F)c1. The van der Waals surface area contributed by atoms with Crippen LogP contribution in [0.5, 0.6) is 0 Å². The average molecular weight is 456 g/mol. The number of hydrogen-bond donors (Lipinski definition) is 1. The quantitative estimate of drug-likeness (QED) is 0.677. The van der Waals surface area contributed by atoms with Crippen LogP contribution in [0, 0.1) is 0 Å². The van der Waals surface area contributed by atoms with Gasteiger partial charge in [-0.25, -0.2) is 4.99 Å². The molecule has 3 rings (SSSR count). The van der Waals surface area contributed by atoms with Gasteiger partial charge in [0.1, 0.15) is 5.25 Å². The van der Waals surface area contributed by atoms with Crippen molar-refractivity contribution in [1.29, 1.82) is 0 Å². The Morgan fingerprint density at radius 1 is 1.27 bits per heavy atom. The molecule has 10 heteroatoms. The predicted octanol–water partition coefficient (Wildman–Crippen LogP) is 5.34. The maximum atomic E-state index is 13.1. The van der Waals surface area contributed by atoms with Gasteiger partial charge in [-0.2, -0.15) is 13.2 Å². The molecule has 1 aliphatic heterocycles. The first-order valence-corrected chi connectivity index (χ1v) is 10.2. The first kappa shape index (κ1) is 22.2. The number of nitrogens with zero attached hydrogens (tertiary/aromatic N) is 2. The van der Waals surface area contributed by atoms with E-state index in [1.807, 2.05) is 0 Å². The fraction of sp³-hybridized carbons (Fsp3) is 0.250. The molecule has 1 fully saturated rings. The molecule has 1 unspecified atom stereocenters. The largest absolute Gasteiger partial charge is 0.417 e. The smallest absolute Gasteiger partial charge is 0.325 e. The zero-order valence-corrected chi connectivity index (χ0v) is 17.3. The Labute approximate surface area is 180 Å². The minimum Gasteiger partial charge on any atom is -0.325 e. The molecule has 1 heterocycles. The third-order valence-electron chi connectivity index (χ3n) is 4.27. The number of hydrogen-bond acceptors (Lipinski definition) is 4. The van der Waals surface area contributed by atoms with Crippen LogP contribution in [0.25, 0.3) is 0 Å². The lowest BCUT2D eigenvalue weighted by molar-refractivity contribution is -0.137. The van der Waals surface area contributed by atoms with Crippen LogP contribution < -0.4 is 5.32 Å². The van der Waals surface area contributed by atoms with Gasteiger partial charge in [0.2, 0.25) is 11.8 Å². The number of aliphatic imine (C=N–C) groups is 1. The fourth-order valence-electron chi connectivity index (χ4n) is 2.81. The summed E-state index contributed by atoms with van der Waals surface area (Å²) in [5.41, 5.74) is -0.441. The summed E-state index contributed by atoms with van der Waals surface area (Å²) in [6.07, 6.45) is -4.67. The van der Waals surface area contributed by atoms with Crippen molar-refractivity contribution in [2.75, 3.05) is 11.9 Å². The molecular weight excluding hydrogens is 439 g/mol. The molecule has 0 spiro atoms. The third kappa shape index (κ3) is 5.14. The minimum atomic E-state index is -4.63. The molecule has 0 aromatic heterocycles. The molecule has 2 aromatic rings. The summed E-state index contributed by atoms with van der Waals surface area (Å²) in [6, 6.07) is 12.0. The average Bonchev–Trinajstić information content (AvgIpc) is 2.69. The van der Waals surface area contributed by atoms with Crippen LogP contribution in [0.1, 0.15) is 18.9 Å². The van der Waals surface area contributed by atoms with Crippen molar-refractivity contribution in [3.63, 3.8) is 0 Å². The van der Waals surface area contributed by atoms with Gasteiger partial charge >= 0.3 is 6.18 Å². The van der Waals surface area contributed by atoms with Gasteiger partial charge in [0.15, 0.2) is 5.17 Å². The first-order valence-electron chi connectivity index (χ1n) is 8.97. The standard InChI is InChI=1S/C20H17ClF3N3O2S/c1-2-27-17(28)11-16(18(29)25-12-6-4-3-5-7-12)30-19(27)26-13-8-9-15(21)14(10-13)20(22,23)24/h3-10,16H,2,11H2,1H3,(H,25,29). The highest BCUT2D eigenvalue weighted by Gasteiger charge is 2.36. The summed E-state index contributed by atoms with van der Waals surface area (Å²) in [6.45, 7) is 2.00. The van der Waals surface area contributed by atoms with Crippen molar-refractivity contribution < 1.29 is 22.8 Å². The van der Waals surface area contributed by atoms with Crippen molar-refractivity contribution in [2.24, 2.45) is 4.99 Å². The molecule has 158 valence electrons. The van der Waals surface area contributed by atoms with E-state index in [4.69, 9.17) is 11.6 Å². The van der Waals surface area contributed by atoms with Crippen LogP contribution in [-0.4, -0.2) is 33.7 Å². The molecule has 1 N–H and O–H groups in total. The molecule has 0 bridgehead atoms. The number of thioether (sulfide) groups is 1. The van der Waals surface area contributed by atoms with Crippen molar-refractivity contribution in [3.05, 3.63) is 59.1 Å². The van der Waals surface area contributed by atoms with Crippen molar-refractivity contribution in [2.45, 2.75) is 24.8 Å². The van der Waals surface area contributed by atoms with Gasteiger partial charge in [0, 0.05) is 18.7 Å². The van der Waals surface area contributed by atoms with Crippen molar-refractivity contribution >= 4 is 51.7 Å². The van der Waals surface area contributed by atoms with Gasteiger partial charge in [-0.3, -0.25) is 14.5 Å². The van der Waals surface area contributed by atoms with Gasteiger partial charge < -0.3 is 5.32 Å². The maximum absolute atomic E-state index is 13.1. The van der Waals surface area contributed by atoms with Gasteiger partial charge in [0.05, 0.1) is 16.3 Å². The van der Waals surface area contributed by atoms with Crippen LogP contribution in [0.4, 0.5) is 24.5 Å². The molecule has 0 aliphatic carbocycles. The van der Waals surface area contributed by atoms with E-state index in [-0.39, 0.29) is 35.6 Å². The Morgan fingerprint density at radius 2 is 1.97 bits per heavy atom. The molecular formula is C20H17ClF3N3O2S. The zero-order chi connectivity index (χ0) is 21.9. The van der Waals surface area contributed by atoms with Crippen LogP contribution in [0.15, 0.2) is 53.5 Å². The monoisotopic (exact) mass is 455 g/mol. The highest BCUT2D eigenvalue weighted by Crippen LogP contribution is 2.37. The molecule has 2 amide bonds. The van der Waals surface area contributed by atoms with Crippen molar-refractivity contribution in [1.82, 2.24) is 4.90 Å². The van der Waals surface area contributed by atoms with E-state index in [1.54, 1.807) is 37.3 Å². The summed E-state index contributed by atoms with van der Waals surface area (Å²) in [5.74, 6) is -0.705. The van der Waals surface area contributed by atoms with E-state index in [2.05, 4.69) is 10.3 Å². The minimum absolute atomic E-state index is 0.00964. The normalized spacial score (nSPS) is 18.6. The maximum Gasteiger partial charge on any atom is 0.417 e. The van der Waals surface area contributed by atoms with Gasteiger partial charge in [-0.1, -0.05) is 41.6 Å². The van der Waals surface area contributed by atoms with Crippen molar-refractivity contribution in [3.8, 4) is 0 Å². The Balaban J connectivity index is 1.88.